The lowest BCUT2D eigenvalue weighted by molar-refractivity contribution is 0.0820. The third kappa shape index (κ3) is 2.82. The van der Waals surface area contributed by atoms with Gasteiger partial charge < -0.3 is 4.98 Å². The van der Waals surface area contributed by atoms with Gasteiger partial charge in [0, 0.05) is 17.6 Å². The van der Waals surface area contributed by atoms with Gasteiger partial charge in [-0.25, -0.2) is 0 Å². The largest absolute Gasteiger partial charge is 0.337 e. The van der Waals surface area contributed by atoms with E-state index in [2.05, 4.69) is 57.2 Å². The van der Waals surface area contributed by atoms with Gasteiger partial charge in [0.05, 0.1) is 16.1 Å². The van der Waals surface area contributed by atoms with Crippen molar-refractivity contribution < 1.29 is 0 Å². The van der Waals surface area contributed by atoms with E-state index < -0.39 is 0 Å². The Morgan fingerprint density at radius 2 is 1.39 bits per heavy atom. The molecule has 0 heterocycles. The highest BCUT2D eigenvalue weighted by Gasteiger charge is 2.55. The van der Waals surface area contributed by atoms with E-state index in [0.29, 0.717) is 18.0 Å². The van der Waals surface area contributed by atoms with Crippen LogP contribution in [-0.2, 0) is 0 Å². The molecule has 1 fully saturated rings. The summed E-state index contributed by atoms with van der Waals surface area (Å²) in [5.74, 6) is 0.634. The van der Waals surface area contributed by atoms with Crippen molar-refractivity contribution in [1.29, 1.82) is 0 Å². The van der Waals surface area contributed by atoms with Crippen LogP contribution >= 0.6 is 0 Å². The Morgan fingerprint density at radius 1 is 0.889 bits per heavy atom. The van der Waals surface area contributed by atoms with Gasteiger partial charge in [-0.3, -0.25) is 10.6 Å². The Morgan fingerprint density at radius 3 is 1.72 bits per heavy atom. The van der Waals surface area contributed by atoms with Crippen LogP contribution in [0.4, 0.5) is 0 Å². The number of hydrogen-bond donors (Lipinski definition) is 3. The maximum atomic E-state index is 3.86. The molecule has 0 aliphatic heterocycles. The van der Waals surface area contributed by atoms with Crippen LogP contribution in [0.5, 0.6) is 0 Å². The Labute approximate surface area is 116 Å². The van der Waals surface area contributed by atoms with E-state index in [1.807, 2.05) is 0 Å². The average Bonchev–Trinajstić information content (AvgIpc) is 2.54. The van der Waals surface area contributed by atoms with Crippen LogP contribution in [0.1, 0.15) is 60.8 Å². The van der Waals surface area contributed by atoms with E-state index in [4.69, 9.17) is 0 Å². The monoisotopic (exact) mass is 271 g/mol. The molecule has 1 atom stereocenters. The third-order valence-corrected chi connectivity index (χ3v) is 5.28. The van der Waals surface area contributed by atoms with Crippen molar-refractivity contribution in [1.82, 2.24) is 15.6 Å². The molecular weight excluding hydrogens is 238 g/mol. The van der Waals surface area contributed by atoms with Crippen LogP contribution in [0, 0.1) is 5.92 Å². The molecule has 3 N–H and O–H groups in total. The molecule has 1 aliphatic carbocycles. The Balaban J connectivity index is 3.12. The molecular formula is C14H33N3Si. The van der Waals surface area contributed by atoms with Gasteiger partial charge in [0.1, 0.15) is 0 Å². The van der Waals surface area contributed by atoms with E-state index in [9.17, 15) is 0 Å². The average molecular weight is 272 g/mol. The third-order valence-electron chi connectivity index (χ3n) is 4.39. The van der Waals surface area contributed by atoms with E-state index in [0.717, 1.165) is 10.4 Å². The van der Waals surface area contributed by atoms with Crippen LogP contribution in [0.2, 0.25) is 0 Å². The Kier molecular flexibility index (Phi) is 5.41. The number of rotatable bonds is 6. The zero-order valence-corrected chi connectivity index (χ0v) is 15.4. The minimum Gasteiger partial charge on any atom is -0.337 e. The van der Waals surface area contributed by atoms with Gasteiger partial charge in [-0.05, 0) is 52.9 Å². The summed E-state index contributed by atoms with van der Waals surface area (Å²) in [5, 5.41) is 7.72. The van der Waals surface area contributed by atoms with Gasteiger partial charge in [-0.2, -0.15) is 0 Å². The fraction of sp³-hybridized carbons (Fsp3) is 1.00. The van der Waals surface area contributed by atoms with Crippen LogP contribution in [0.3, 0.4) is 0 Å². The predicted octanol–water partition coefficient (Wildman–Crippen LogP) is 1.13. The van der Waals surface area contributed by atoms with Gasteiger partial charge in [0.2, 0.25) is 0 Å². The maximum absolute atomic E-state index is 3.86. The standard InChI is InChI=1S/C14H33N3Si/c1-10(2)13(17-18)8-7-9-14(13,15-11(3)4)16-12(5)6/h10-12,15-17H,7-9H2,1-6,18H3. The molecule has 0 saturated heterocycles. The van der Waals surface area contributed by atoms with Gasteiger partial charge in [0.15, 0.2) is 0 Å². The zero-order chi connectivity index (χ0) is 14.0. The quantitative estimate of drug-likeness (QED) is 0.501. The van der Waals surface area contributed by atoms with Crippen molar-refractivity contribution in [3.63, 3.8) is 0 Å². The predicted molar refractivity (Wildman–Crippen MR) is 83.8 cm³/mol. The highest BCUT2D eigenvalue weighted by molar-refractivity contribution is 6.05. The molecule has 0 aromatic heterocycles. The molecule has 0 aromatic carbocycles. The second-order valence-corrected chi connectivity index (χ2v) is 7.23. The molecule has 0 spiro atoms. The molecule has 0 bridgehead atoms. The van der Waals surface area contributed by atoms with E-state index in [-0.39, 0.29) is 11.2 Å². The fourth-order valence-electron chi connectivity index (χ4n) is 3.91. The van der Waals surface area contributed by atoms with Gasteiger partial charge in [-0.15, -0.1) is 0 Å². The van der Waals surface area contributed by atoms with Gasteiger partial charge >= 0.3 is 0 Å². The summed E-state index contributed by atoms with van der Waals surface area (Å²) in [5.41, 5.74) is 0.249. The minimum atomic E-state index is 0.0469. The first-order valence-electron chi connectivity index (χ1n) is 7.54. The first-order valence-corrected chi connectivity index (χ1v) is 8.54. The Bertz CT molecular complexity index is 256. The molecule has 1 unspecified atom stereocenters. The molecule has 0 amide bonds. The fourth-order valence-corrected chi connectivity index (χ4v) is 5.16. The first kappa shape index (κ1) is 16.2. The molecule has 1 rings (SSSR count). The second kappa shape index (κ2) is 6.03. The summed E-state index contributed by atoms with van der Waals surface area (Å²) < 4.78 is 0. The minimum absolute atomic E-state index is 0.0469. The number of hydrogen-bond acceptors (Lipinski definition) is 3. The van der Waals surface area contributed by atoms with Crippen LogP contribution in [0.15, 0.2) is 0 Å². The summed E-state index contributed by atoms with van der Waals surface area (Å²) in [6.07, 6.45) is 3.79. The smallest absolute Gasteiger partial charge is 0.0874 e. The molecule has 1 saturated carbocycles. The van der Waals surface area contributed by atoms with Crippen molar-refractivity contribution in [3.05, 3.63) is 0 Å². The highest BCUT2D eigenvalue weighted by Crippen LogP contribution is 2.42. The molecule has 108 valence electrons. The van der Waals surface area contributed by atoms with E-state index >= 15 is 0 Å². The summed E-state index contributed by atoms with van der Waals surface area (Å²) in [7, 11) is 1.05. The lowest BCUT2D eigenvalue weighted by Gasteiger charge is -2.52. The maximum Gasteiger partial charge on any atom is 0.0874 e. The van der Waals surface area contributed by atoms with E-state index in [1.165, 1.54) is 19.3 Å². The lowest BCUT2D eigenvalue weighted by atomic mass is 9.77. The van der Waals surface area contributed by atoms with Gasteiger partial charge in [0.25, 0.3) is 0 Å². The SMILES string of the molecule is CC(C)NC1(NC(C)C)CCCC1(N[SiH3])C(C)C. The summed E-state index contributed by atoms with van der Waals surface area (Å²) >= 11 is 0. The van der Waals surface area contributed by atoms with Crippen molar-refractivity contribution in [3.8, 4) is 0 Å². The summed E-state index contributed by atoms with van der Waals surface area (Å²) in [6, 6.07) is 1.00. The molecule has 0 aromatic rings. The highest BCUT2D eigenvalue weighted by atomic mass is 28.2. The molecule has 3 nitrogen and oxygen atoms in total. The van der Waals surface area contributed by atoms with Gasteiger partial charge in [-0.1, -0.05) is 13.8 Å². The topological polar surface area (TPSA) is 36.1 Å². The molecule has 18 heavy (non-hydrogen) atoms. The van der Waals surface area contributed by atoms with Crippen LogP contribution in [-0.4, -0.2) is 33.7 Å². The molecule has 0 radical (unpaired) electrons. The van der Waals surface area contributed by atoms with Crippen molar-refractivity contribution in [2.75, 3.05) is 0 Å². The second-order valence-electron chi connectivity index (χ2n) is 6.73. The molecule has 1 aliphatic rings. The van der Waals surface area contributed by atoms with Crippen molar-refractivity contribution in [2.45, 2.75) is 84.1 Å². The lowest BCUT2D eigenvalue weighted by Crippen LogP contribution is -2.76. The molecule has 4 heteroatoms. The van der Waals surface area contributed by atoms with Crippen LogP contribution < -0.4 is 15.6 Å². The summed E-state index contributed by atoms with van der Waals surface area (Å²) in [6.45, 7) is 13.7. The first-order chi connectivity index (χ1) is 8.29. The summed E-state index contributed by atoms with van der Waals surface area (Å²) in [4.78, 5) is 3.79. The zero-order valence-electron chi connectivity index (χ0n) is 13.4. The van der Waals surface area contributed by atoms with Crippen molar-refractivity contribution >= 4 is 10.4 Å². The normalized spacial score (nSPS) is 27.8. The van der Waals surface area contributed by atoms with E-state index in [1.54, 1.807) is 0 Å². The van der Waals surface area contributed by atoms with Crippen LogP contribution in [0.25, 0.3) is 0 Å². The van der Waals surface area contributed by atoms with Crippen molar-refractivity contribution in [2.24, 2.45) is 5.92 Å². The number of nitrogens with one attached hydrogen (secondary N) is 3. The Hall–Kier alpha value is 0.0969.